The van der Waals surface area contributed by atoms with E-state index in [4.69, 9.17) is 9.47 Å². The Bertz CT molecular complexity index is 218. The fourth-order valence-electron chi connectivity index (χ4n) is 0.942. The zero-order chi connectivity index (χ0) is 10.1. The number of carbonyl (C=O) groups excluding carboxylic acids is 2. The third kappa shape index (κ3) is 3.44. The standard InChI is InChI=1S/C9H14O4/c1-9(2,3)13-8(11)12-7-4-6(10)5-7/h7H,4-5H2,1-3H3. The van der Waals surface area contributed by atoms with Crippen molar-refractivity contribution in [1.29, 1.82) is 0 Å². The molecule has 0 aromatic rings. The second-order valence-electron chi connectivity index (χ2n) is 4.15. The lowest BCUT2D eigenvalue weighted by molar-refractivity contribution is -0.132. The van der Waals surface area contributed by atoms with Crippen molar-refractivity contribution >= 4 is 11.9 Å². The van der Waals surface area contributed by atoms with Gasteiger partial charge in [0.2, 0.25) is 0 Å². The Balaban J connectivity index is 2.22. The van der Waals surface area contributed by atoms with Gasteiger partial charge in [0.15, 0.2) is 0 Å². The van der Waals surface area contributed by atoms with E-state index in [1.54, 1.807) is 20.8 Å². The van der Waals surface area contributed by atoms with E-state index in [0.717, 1.165) is 0 Å². The van der Waals surface area contributed by atoms with Crippen molar-refractivity contribution in [3.63, 3.8) is 0 Å². The van der Waals surface area contributed by atoms with Crippen LogP contribution in [-0.2, 0) is 14.3 Å². The average Bonchev–Trinajstić information content (AvgIpc) is 1.79. The number of hydrogen-bond donors (Lipinski definition) is 0. The number of ether oxygens (including phenoxy) is 2. The Hall–Kier alpha value is -1.06. The summed E-state index contributed by atoms with van der Waals surface area (Å²) in [6.45, 7) is 5.29. The quantitative estimate of drug-likeness (QED) is 0.584. The Labute approximate surface area is 77.2 Å². The summed E-state index contributed by atoms with van der Waals surface area (Å²) in [4.78, 5) is 21.6. The van der Waals surface area contributed by atoms with Crippen molar-refractivity contribution in [3.8, 4) is 0 Å². The SMILES string of the molecule is CC(C)(C)OC(=O)OC1CC(=O)C1. The van der Waals surface area contributed by atoms with Gasteiger partial charge in [0.05, 0.1) is 0 Å². The molecule has 0 radical (unpaired) electrons. The molecule has 0 aromatic carbocycles. The summed E-state index contributed by atoms with van der Waals surface area (Å²) in [6.07, 6.45) is -0.286. The number of Topliss-reactive ketones (excluding diaryl/α,β-unsaturated/α-hetero) is 1. The van der Waals surface area contributed by atoms with E-state index in [0.29, 0.717) is 12.8 Å². The van der Waals surface area contributed by atoms with Crippen LogP contribution in [0.4, 0.5) is 4.79 Å². The molecule has 0 aromatic heterocycles. The van der Waals surface area contributed by atoms with E-state index in [-0.39, 0.29) is 11.9 Å². The normalized spacial score (nSPS) is 17.9. The summed E-state index contributed by atoms with van der Waals surface area (Å²) < 4.78 is 9.76. The molecular formula is C9H14O4. The van der Waals surface area contributed by atoms with Gasteiger partial charge in [-0.05, 0) is 20.8 Å². The van der Waals surface area contributed by atoms with Crippen LogP contribution in [-0.4, -0.2) is 23.6 Å². The highest BCUT2D eigenvalue weighted by molar-refractivity contribution is 5.86. The first-order valence-electron chi connectivity index (χ1n) is 4.28. The molecule has 13 heavy (non-hydrogen) atoms. The van der Waals surface area contributed by atoms with Crippen LogP contribution in [0.25, 0.3) is 0 Å². The molecule has 0 N–H and O–H groups in total. The minimum Gasteiger partial charge on any atom is -0.430 e. The van der Waals surface area contributed by atoms with Gasteiger partial charge in [-0.15, -0.1) is 0 Å². The lowest BCUT2D eigenvalue weighted by atomic mass is 9.94. The van der Waals surface area contributed by atoms with Gasteiger partial charge in [-0.2, -0.15) is 0 Å². The molecule has 0 spiro atoms. The van der Waals surface area contributed by atoms with Crippen LogP contribution in [0.15, 0.2) is 0 Å². The maximum absolute atomic E-state index is 11.0. The number of hydrogen-bond acceptors (Lipinski definition) is 4. The molecule has 1 rings (SSSR count). The summed E-state index contributed by atoms with van der Waals surface area (Å²) in [6, 6.07) is 0. The van der Waals surface area contributed by atoms with Crippen LogP contribution in [0.5, 0.6) is 0 Å². The van der Waals surface area contributed by atoms with Crippen molar-refractivity contribution in [1.82, 2.24) is 0 Å². The summed E-state index contributed by atoms with van der Waals surface area (Å²) >= 11 is 0. The first-order valence-corrected chi connectivity index (χ1v) is 4.28. The summed E-state index contributed by atoms with van der Waals surface area (Å²) in [7, 11) is 0. The van der Waals surface area contributed by atoms with E-state index in [1.165, 1.54) is 0 Å². The molecule has 0 amide bonds. The predicted octanol–water partition coefficient (Wildman–Crippen LogP) is 1.67. The van der Waals surface area contributed by atoms with Crippen LogP contribution in [0.2, 0.25) is 0 Å². The Morgan fingerprint density at radius 1 is 1.38 bits per heavy atom. The van der Waals surface area contributed by atoms with Crippen LogP contribution >= 0.6 is 0 Å². The molecule has 0 saturated heterocycles. The average molecular weight is 186 g/mol. The van der Waals surface area contributed by atoms with E-state index in [9.17, 15) is 9.59 Å². The molecule has 0 bridgehead atoms. The smallest absolute Gasteiger partial charge is 0.430 e. The summed E-state index contributed by atoms with van der Waals surface area (Å²) in [5.74, 6) is 0.133. The maximum atomic E-state index is 11.0. The van der Waals surface area contributed by atoms with Gasteiger partial charge in [0.25, 0.3) is 0 Å². The van der Waals surface area contributed by atoms with Crippen LogP contribution in [0.3, 0.4) is 0 Å². The molecule has 1 aliphatic carbocycles. The number of rotatable bonds is 1. The van der Waals surface area contributed by atoms with Crippen LogP contribution < -0.4 is 0 Å². The van der Waals surface area contributed by atoms with Gasteiger partial charge < -0.3 is 9.47 Å². The monoisotopic (exact) mass is 186 g/mol. The fraction of sp³-hybridized carbons (Fsp3) is 0.778. The molecule has 0 unspecified atom stereocenters. The van der Waals surface area contributed by atoms with E-state index in [2.05, 4.69) is 0 Å². The minimum atomic E-state index is -0.690. The van der Waals surface area contributed by atoms with Crippen LogP contribution in [0.1, 0.15) is 33.6 Å². The van der Waals surface area contributed by atoms with Gasteiger partial charge in [0.1, 0.15) is 17.5 Å². The van der Waals surface area contributed by atoms with Crippen molar-refractivity contribution in [2.75, 3.05) is 0 Å². The van der Waals surface area contributed by atoms with Crippen molar-refractivity contribution in [2.24, 2.45) is 0 Å². The molecule has 0 atom stereocenters. The van der Waals surface area contributed by atoms with Crippen molar-refractivity contribution < 1.29 is 19.1 Å². The number of ketones is 1. The van der Waals surface area contributed by atoms with E-state index < -0.39 is 11.8 Å². The predicted molar refractivity (Wildman–Crippen MR) is 45.3 cm³/mol. The van der Waals surface area contributed by atoms with Gasteiger partial charge in [0, 0.05) is 12.8 Å². The molecule has 1 fully saturated rings. The highest BCUT2D eigenvalue weighted by Gasteiger charge is 2.31. The van der Waals surface area contributed by atoms with E-state index >= 15 is 0 Å². The van der Waals surface area contributed by atoms with Crippen molar-refractivity contribution in [2.45, 2.75) is 45.3 Å². The molecule has 1 aliphatic rings. The summed E-state index contributed by atoms with van der Waals surface area (Å²) in [5.41, 5.74) is -0.537. The van der Waals surface area contributed by atoms with Crippen LogP contribution in [0, 0.1) is 0 Å². The second kappa shape index (κ2) is 3.36. The highest BCUT2D eigenvalue weighted by Crippen LogP contribution is 2.20. The summed E-state index contributed by atoms with van der Waals surface area (Å²) in [5, 5.41) is 0. The Morgan fingerprint density at radius 2 is 1.92 bits per heavy atom. The molecular weight excluding hydrogens is 172 g/mol. The van der Waals surface area contributed by atoms with E-state index in [1.807, 2.05) is 0 Å². The van der Waals surface area contributed by atoms with Gasteiger partial charge in [-0.25, -0.2) is 4.79 Å². The first kappa shape index (κ1) is 10.0. The lowest BCUT2D eigenvalue weighted by Crippen LogP contribution is -2.35. The Morgan fingerprint density at radius 3 is 2.31 bits per heavy atom. The molecule has 74 valence electrons. The number of carbonyl (C=O) groups is 2. The molecule has 1 saturated carbocycles. The van der Waals surface area contributed by atoms with Crippen molar-refractivity contribution in [3.05, 3.63) is 0 Å². The zero-order valence-corrected chi connectivity index (χ0v) is 8.12. The fourth-order valence-corrected chi connectivity index (χ4v) is 0.942. The largest absolute Gasteiger partial charge is 0.509 e. The Kier molecular flexibility index (Phi) is 2.59. The minimum absolute atomic E-state index is 0.133. The first-order chi connectivity index (χ1) is 5.87. The molecule has 0 heterocycles. The highest BCUT2D eigenvalue weighted by atomic mass is 16.7. The van der Waals surface area contributed by atoms with Gasteiger partial charge in [-0.1, -0.05) is 0 Å². The zero-order valence-electron chi connectivity index (χ0n) is 8.12. The third-order valence-electron chi connectivity index (χ3n) is 1.56. The molecule has 4 nitrogen and oxygen atoms in total. The molecule has 4 heteroatoms. The van der Waals surface area contributed by atoms with Gasteiger partial charge in [-0.3, -0.25) is 4.79 Å². The maximum Gasteiger partial charge on any atom is 0.509 e. The topological polar surface area (TPSA) is 52.6 Å². The van der Waals surface area contributed by atoms with Gasteiger partial charge >= 0.3 is 6.16 Å². The second-order valence-corrected chi connectivity index (χ2v) is 4.15. The molecule has 0 aliphatic heterocycles. The lowest BCUT2D eigenvalue weighted by Gasteiger charge is -2.26. The third-order valence-corrected chi connectivity index (χ3v) is 1.56.